The van der Waals surface area contributed by atoms with E-state index >= 15 is 0 Å². The molecule has 126 valence electrons. The number of carboxylic acid groups (broad SMARTS) is 1. The third kappa shape index (κ3) is 4.05. The number of amides is 1. The van der Waals surface area contributed by atoms with Gasteiger partial charge in [-0.25, -0.2) is 9.59 Å². The molecule has 1 aliphatic rings. The van der Waals surface area contributed by atoms with Crippen molar-refractivity contribution < 1.29 is 19.4 Å². The molecule has 1 aromatic rings. The van der Waals surface area contributed by atoms with Crippen LogP contribution in [0.2, 0.25) is 0 Å². The number of aromatic carboxylic acids is 1. The monoisotopic (exact) mass is 324 g/mol. The van der Waals surface area contributed by atoms with Gasteiger partial charge in [-0.15, -0.1) is 4.91 Å². The predicted molar refractivity (Wildman–Crippen MR) is 80.7 cm³/mol. The zero-order valence-electron chi connectivity index (χ0n) is 13.4. The second kappa shape index (κ2) is 6.35. The Kier molecular flexibility index (Phi) is 4.67. The first-order valence-electron chi connectivity index (χ1n) is 7.35. The minimum atomic E-state index is -1.29. The van der Waals surface area contributed by atoms with Gasteiger partial charge in [0.05, 0.1) is 12.2 Å². The van der Waals surface area contributed by atoms with Crippen LogP contribution < -0.4 is 0 Å². The Labute approximate surface area is 133 Å². The second-order valence-electron chi connectivity index (χ2n) is 6.44. The van der Waals surface area contributed by atoms with Crippen molar-refractivity contribution >= 4 is 17.7 Å². The molecular weight excluding hydrogens is 304 g/mol. The normalized spacial score (nSPS) is 16.2. The lowest BCUT2D eigenvalue weighted by atomic mass is 10.1. The number of nitrogens with zero attached hydrogens (tertiary/aromatic N) is 4. The highest BCUT2D eigenvalue weighted by atomic mass is 16.6. The van der Waals surface area contributed by atoms with Gasteiger partial charge in [0.25, 0.3) is 0 Å². The summed E-state index contributed by atoms with van der Waals surface area (Å²) in [5, 5.41) is 15.6. The average molecular weight is 324 g/mol. The number of nitroso groups, excluding NO2 is 1. The lowest BCUT2D eigenvalue weighted by Gasteiger charge is -2.33. The first-order chi connectivity index (χ1) is 10.7. The summed E-state index contributed by atoms with van der Waals surface area (Å²) in [6.07, 6.45) is 2.17. The molecule has 0 aliphatic carbocycles. The molecule has 1 aliphatic heterocycles. The highest BCUT2D eigenvalue weighted by Gasteiger charge is 2.29. The summed E-state index contributed by atoms with van der Waals surface area (Å²) in [6.45, 7) is 6.38. The van der Waals surface area contributed by atoms with Crippen molar-refractivity contribution in [1.82, 2.24) is 14.7 Å². The number of likely N-dealkylation sites (tertiary alicyclic amines) is 1. The lowest BCUT2D eigenvalue weighted by Crippen LogP contribution is -2.42. The molecule has 1 saturated heterocycles. The number of hydrogen-bond donors (Lipinski definition) is 1. The summed E-state index contributed by atoms with van der Waals surface area (Å²) in [5.41, 5.74) is -1.08. The van der Waals surface area contributed by atoms with Crippen LogP contribution >= 0.6 is 0 Å². The summed E-state index contributed by atoms with van der Waals surface area (Å²) < 4.78 is 6.77. The van der Waals surface area contributed by atoms with Gasteiger partial charge in [-0.3, -0.25) is 4.68 Å². The number of aromatic nitrogens is 2. The smallest absolute Gasteiger partial charge is 0.410 e. The standard InChI is InChI=1S/C14H20N4O5/c1-14(2,3)23-13(21)17-6-4-9(5-7-17)18-8-10(16-22)11(15-18)12(19)20/h8-9H,4-7H2,1-3H3,(H,19,20). The van der Waals surface area contributed by atoms with E-state index < -0.39 is 11.6 Å². The molecule has 1 aromatic heterocycles. The van der Waals surface area contributed by atoms with Crippen molar-refractivity contribution in [3.8, 4) is 0 Å². The summed E-state index contributed by atoms with van der Waals surface area (Å²) in [4.78, 5) is 35.3. The van der Waals surface area contributed by atoms with Crippen LogP contribution in [0.1, 0.15) is 50.1 Å². The number of piperidine rings is 1. The summed E-state index contributed by atoms with van der Waals surface area (Å²) in [7, 11) is 0. The zero-order valence-corrected chi connectivity index (χ0v) is 13.4. The van der Waals surface area contributed by atoms with Gasteiger partial charge < -0.3 is 14.7 Å². The van der Waals surface area contributed by atoms with Gasteiger partial charge in [0.2, 0.25) is 0 Å². The first kappa shape index (κ1) is 16.9. The summed E-state index contributed by atoms with van der Waals surface area (Å²) in [6, 6.07) is -0.0812. The number of carboxylic acids is 1. The van der Waals surface area contributed by atoms with E-state index in [-0.39, 0.29) is 23.5 Å². The molecule has 0 saturated carbocycles. The molecule has 0 atom stereocenters. The highest BCUT2D eigenvalue weighted by molar-refractivity contribution is 5.90. The Bertz CT molecular complexity index is 611. The molecule has 1 fully saturated rings. The first-order valence-corrected chi connectivity index (χ1v) is 7.35. The average Bonchev–Trinajstić information content (AvgIpc) is 2.90. The predicted octanol–water partition coefficient (Wildman–Crippen LogP) is 2.55. The molecule has 23 heavy (non-hydrogen) atoms. The quantitative estimate of drug-likeness (QED) is 0.855. The number of ether oxygens (including phenoxy) is 1. The minimum absolute atomic E-state index is 0.0812. The van der Waals surface area contributed by atoms with E-state index in [1.165, 1.54) is 10.9 Å². The van der Waals surface area contributed by atoms with Gasteiger partial charge in [-0.1, -0.05) is 0 Å². The van der Waals surface area contributed by atoms with E-state index in [2.05, 4.69) is 10.3 Å². The van der Waals surface area contributed by atoms with Crippen LogP contribution in [-0.2, 0) is 4.74 Å². The van der Waals surface area contributed by atoms with Crippen molar-refractivity contribution in [2.24, 2.45) is 5.18 Å². The van der Waals surface area contributed by atoms with Crippen molar-refractivity contribution in [1.29, 1.82) is 0 Å². The maximum Gasteiger partial charge on any atom is 0.410 e. The Hall–Kier alpha value is -2.45. The molecule has 9 heteroatoms. The molecular formula is C14H20N4O5. The molecule has 0 aromatic carbocycles. The van der Waals surface area contributed by atoms with Gasteiger partial charge in [-0.2, -0.15) is 5.10 Å². The third-order valence-electron chi connectivity index (χ3n) is 3.50. The second-order valence-corrected chi connectivity index (χ2v) is 6.44. The SMILES string of the molecule is CC(C)(C)OC(=O)N1CCC(n2cc(N=O)c(C(=O)O)n2)CC1. The third-order valence-corrected chi connectivity index (χ3v) is 3.50. The fourth-order valence-electron chi connectivity index (χ4n) is 2.43. The van der Waals surface area contributed by atoms with E-state index in [0.717, 1.165) is 0 Å². The van der Waals surface area contributed by atoms with Crippen molar-refractivity contribution in [3.05, 3.63) is 16.8 Å². The molecule has 2 heterocycles. The van der Waals surface area contributed by atoms with Gasteiger partial charge >= 0.3 is 12.1 Å². The van der Waals surface area contributed by atoms with Crippen LogP contribution in [0.5, 0.6) is 0 Å². The topological polar surface area (TPSA) is 114 Å². The van der Waals surface area contributed by atoms with Crippen LogP contribution in [0.3, 0.4) is 0 Å². The van der Waals surface area contributed by atoms with Crippen molar-refractivity contribution in [3.63, 3.8) is 0 Å². The van der Waals surface area contributed by atoms with Gasteiger partial charge in [0.1, 0.15) is 5.60 Å². The fourth-order valence-corrected chi connectivity index (χ4v) is 2.43. The van der Waals surface area contributed by atoms with E-state index in [4.69, 9.17) is 9.84 Å². The van der Waals surface area contributed by atoms with Crippen molar-refractivity contribution in [2.75, 3.05) is 13.1 Å². The lowest BCUT2D eigenvalue weighted by molar-refractivity contribution is 0.0185. The Morgan fingerprint density at radius 1 is 1.35 bits per heavy atom. The van der Waals surface area contributed by atoms with Crippen LogP contribution in [-0.4, -0.2) is 50.5 Å². The Morgan fingerprint density at radius 3 is 2.39 bits per heavy atom. The Balaban J connectivity index is 2.01. The number of carbonyl (C=O) groups is 2. The van der Waals surface area contributed by atoms with Crippen LogP contribution in [0.15, 0.2) is 11.4 Å². The van der Waals surface area contributed by atoms with E-state index in [0.29, 0.717) is 25.9 Å². The number of carbonyl (C=O) groups excluding carboxylic acids is 1. The molecule has 0 unspecified atom stereocenters. The van der Waals surface area contributed by atoms with E-state index in [9.17, 15) is 14.5 Å². The van der Waals surface area contributed by atoms with E-state index in [1.54, 1.807) is 4.90 Å². The molecule has 0 bridgehead atoms. The van der Waals surface area contributed by atoms with Crippen LogP contribution in [0.25, 0.3) is 0 Å². The molecule has 1 N–H and O–H groups in total. The molecule has 0 spiro atoms. The molecule has 2 rings (SSSR count). The largest absolute Gasteiger partial charge is 0.476 e. The summed E-state index contributed by atoms with van der Waals surface area (Å²) >= 11 is 0. The van der Waals surface area contributed by atoms with Gasteiger partial charge in [-0.05, 0) is 38.8 Å². The van der Waals surface area contributed by atoms with Crippen molar-refractivity contribution in [2.45, 2.75) is 45.3 Å². The Morgan fingerprint density at radius 2 is 1.96 bits per heavy atom. The molecule has 0 radical (unpaired) electrons. The molecule has 9 nitrogen and oxygen atoms in total. The van der Waals surface area contributed by atoms with Gasteiger partial charge in [0, 0.05) is 13.1 Å². The number of hydrogen-bond acceptors (Lipinski definition) is 6. The zero-order chi connectivity index (χ0) is 17.2. The maximum atomic E-state index is 12.0. The fraction of sp³-hybridized carbons (Fsp3) is 0.643. The van der Waals surface area contributed by atoms with Crippen LogP contribution in [0, 0.1) is 4.91 Å². The van der Waals surface area contributed by atoms with Gasteiger partial charge in [0.15, 0.2) is 11.4 Å². The maximum absolute atomic E-state index is 12.0. The highest BCUT2D eigenvalue weighted by Crippen LogP contribution is 2.27. The molecule has 1 amide bonds. The van der Waals surface area contributed by atoms with E-state index in [1.807, 2.05) is 20.8 Å². The minimum Gasteiger partial charge on any atom is -0.476 e. The van der Waals surface area contributed by atoms with Crippen LogP contribution in [0.4, 0.5) is 10.5 Å². The summed E-state index contributed by atoms with van der Waals surface area (Å²) in [5.74, 6) is -1.29. The number of rotatable bonds is 3.